The summed E-state index contributed by atoms with van der Waals surface area (Å²) in [4.78, 5) is 0. The Bertz CT molecular complexity index is 361. The van der Waals surface area contributed by atoms with E-state index in [1.165, 1.54) is 0 Å². The first-order valence-corrected chi connectivity index (χ1v) is 5.92. The summed E-state index contributed by atoms with van der Waals surface area (Å²) < 4.78 is 10.3. The van der Waals surface area contributed by atoms with Gasteiger partial charge in [-0.05, 0) is 43.9 Å². The lowest BCUT2D eigenvalue weighted by atomic mass is 9.97. The summed E-state index contributed by atoms with van der Waals surface area (Å²) >= 11 is 0. The van der Waals surface area contributed by atoms with Crippen molar-refractivity contribution in [3.8, 4) is 5.75 Å². The van der Waals surface area contributed by atoms with E-state index < -0.39 is 6.10 Å². The van der Waals surface area contributed by atoms with Crippen molar-refractivity contribution in [3.05, 3.63) is 28.8 Å². The molecule has 0 saturated heterocycles. The molecule has 1 unspecified atom stereocenters. The molecule has 1 aromatic carbocycles. The highest BCUT2D eigenvalue weighted by Crippen LogP contribution is 2.32. The molecule has 1 atom stereocenters. The fourth-order valence-electron chi connectivity index (χ4n) is 2.10. The molecule has 0 aromatic heterocycles. The second-order valence-electron chi connectivity index (χ2n) is 4.35. The number of aliphatic hydroxyl groups excluding tert-OH is 1. The standard InChI is InChI=1S/C14H22O3/c1-10-8-11(2)14(13(9-10)17-4)12(15)6-5-7-16-3/h8-9,12,15H,5-7H2,1-4H3. The quantitative estimate of drug-likeness (QED) is 0.774. The first kappa shape index (κ1) is 14.0. The van der Waals surface area contributed by atoms with Crippen molar-refractivity contribution in [2.45, 2.75) is 32.8 Å². The van der Waals surface area contributed by atoms with E-state index in [4.69, 9.17) is 9.47 Å². The Morgan fingerprint density at radius 3 is 2.53 bits per heavy atom. The summed E-state index contributed by atoms with van der Waals surface area (Å²) in [5.41, 5.74) is 3.12. The van der Waals surface area contributed by atoms with Gasteiger partial charge in [0.25, 0.3) is 0 Å². The normalized spacial score (nSPS) is 12.5. The molecule has 0 heterocycles. The molecule has 0 aliphatic rings. The molecule has 1 rings (SSSR count). The van der Waals surface area contributed by atoms with Gasteiger partial charge in [-0.3, -0.25) is 0 Å². The molecule has 0 radical (unpaired) electrons. The molecule has 3 heteroatoms. The maximum absolute atomic E-state index is 10.2. The summed E-state index contributed by atoms with van der Waals surface area (Å²) in [6.45, 7) is 4.70. The molecule has 0 aliphatic heterocycles. The largest absolute Gasteiger partial charge is 0.496 e. The number of aryl methyl sites for hydroxylation is 2. The van der Waals surface area contributed by atoms with E-state index in [2.05, 4.69) is 6.07 Å². The van der Waals surface area contributed by atoms with Crippen LogP contribution in [0.5, 0.6) is 5.75 Å². The lowest BCUT2D eigenvalue weighted by Gasteiger charge is -2.18. The van der Waals surface area contributed by atoms with Crippen molar-refractivity contribution in [3.63, 3.8) is 0 Å². The van der Waals surface area contributed by atoms with E-state index in [1.807, 2.05) is 19.9 Å². The molecule has 0 fully saturated rings. The fourth-order valence-corrected chi connectivity index (χ4v) is 2.10. The highest BCUT2D eigenvalue weighted by molar-refractivity contribution is 5.44. The monoisotopic (exact) mass is 238 g/mol. The lowest BCUT2D eigenvalue weighted by Crippen LogP contribution is -2.05. The molecule has 0 aliphatic carbocycles. The zero-order valence-electron chi connectivity index (χ0n) is 11.1. The second kappa shape index (κ2) is 6.62. The van der Waals surface area contributed by atoms with Gasteiger partial charge in [0.15, 0.2) is 0 Å². The first-order chi connectivity index (χ1) is 8.10. The highest BCUT2D eigenvalue weighted by atomic mass is 16.5. The average molecular weight is 238 g/mol. The third-order valence-corrected chi connectivity index (χ3v) is 2.87. The van der Waals surface area contributed by atoms with Crippen LogP contribution in [0.2, 0.25) is 0 Å². The number of hydrogen-bond acceptors (Lipinski definition) is 3. The third kappa shape index (κ3) is 3.72. The van der Waals surface area contributed by atoms with Crippen molar-refractivity contribution < 1.29 is 14.6 Å². The second-order valence-corrected chi connectivity index (χ2v) is 4.35. The topological polar surface area (TPSA) is 38.7 Å². The van der Waals surface area contributed by atoms with Crippen LogP contribution in [0.25, 0.3) is 0 Å². The number of hydrogen-bond donors (Lipinski definition) is 1. The van der Waals surface area contributed by atoms with Gasteiger partial charge < -0.3 is 14.6 Å². The minimum absolute atomic E-state index is 0.485. The van der Waals surface area contributed by atoms with Crippen molar-refractivity contribution in [2.75, 3.05) is 20.8 Å². The van der Waals surface area contributed by atoms with Gasteiger partial charge in [0.2, 0.25) is 0 Å². The zero-order chi connectivity index (χ0) is 12.8. The molecule has 1 aromatic rings. The van der Waals surface area contributed by atoms with E-state index in [-0.39, 0.29) is 0 Å². The number of benzene rings is 1. The van der Waals surface area contributed by atoms with Gasteiger partial charge in [-0.25, -0.2) is 0 Å². The molecule has 0 saturated carbocycles. The predicted molar refractivity (Wildman–Crippen MR) is 68.5 cm³/mol. The van der Waals surface area contributed by atoms with Gasteiger partial charge in [0.05, 0.1) is 13.2 Å². The van der Waals surface area contributed by atoms with Gasteiger partial charge in [0, 0.05) is 19.3 Å². The summed E-state index contributed by atoms with van der Waals surface area (Å²) in [5.74, 6) is 0.771. The van der Waals surface area contributed by atoms with Gasteiger partial charge >= 0.3 is 0 Å². The highest BCUT2D eigenvalue weighted by Gasteiger charge is 2.16. The maximum Gasteiger partial charge on any atom is 0.125 e. The van der Waals surface area contributed by atoms with Crippen LogP contribution < -0.4 is 4.74 Å². The molecule has 3 nitrogen and oxygen atoms in total. The minimum atomic E-state index is -0.485. The summed E-state index contributed by atoms with van der Waals surface area (Å²) in [6.07, 6.45) is 1.04. The SMILES string of the molecule is COCCCC(O)c1c(C)cc(C)cc1OC. The van der Waals surface area contributed by atoms with Crippen LogP contribution in [0.15, 0.2) is 12.1 Å². The van der Waals surface area contributed by atoms with Crippen molar-refractivity contribution >= 4 is 0 Å². The number of aliphatic hydroxyl groups is 1. The Hall–Kier alpha value is -1.06. The smallest absolute Gasteiger partial charge is 0.125 e. The van der Waals surface area contributed by atoms with Crippen LogP contribution in [0.4, 0.5) is 0 Å². The molecule has 0 spiro atoms. The Morgan fingerprint density at radius 2 is 1.94 bits per heavy atom. The van der Waals surface area contributed by atoms with Gasteiger partial charge in [-0.1, -0.05) is 6.07 Å². The van der Waals surface area contributed by atoms with E-state index >= 15 is 0 Å². The fraction of sp³-hybridized carbons (Fsp3) is 0.571. The van der Waals surface area contributed by atoms with Crippen LogP contribution in [0.1, 0.15) is 35.6 Å². The summed E-state index contributed by atoms with van der Waals surface area (Å²) in [5, 5.41) is 10.2. The molecular formula is C14H22O3. The number of rotatable bonds is 6. The minimum Gasteiger partial charge on any atom is -0.496 e. The van der Waals surface area contributed by atoms with Crippen LogP contribution in [-0.4, -0.2) is 25.9 Å². The Morgan fingerprint density at radius 1 is 1.24 bits per heavy atom. The Kier molecular flexibility index (Phi) is 5.45. The van der Waals surface area contributed by atoms with Crippen LogP contribution in [0.3, 0.4) is 0 Å². The van der Waals surface area contributed by atoms with E-state index in [0.29, 0.717) is 13.0 Å². The van der Waals surface area contributed by atoms with Crippen molar-refractivity contribution in [1.82, 2.24) is 0 Å². The first-order valence-electron chi connectivity index (χ1n) is 5.92. The molecular weight excluding hydrogens is 216 g/mol. The molecule has 0 amide bonds. The third-order valence-electron chi connectivity index (χ3n) is 2.87. The summed E-state index contributed by atoms with van der Waals surface area (Å²) in [6, 6.07) is 4.03. The number of ether oxygens (including phenoxy) is 2. The van der Waals surface area contributed by atoms with Gasteiger partial charge in [-0.2, -0.15) is 0 Å². The lowest BCUT2D eigenvalue weighted by molar-refractivity contribution is 0.133. The molecule has 96 valence electrons. The van der Waals surface area contributed by atoms with E-state index in [1.54, 1.807) is 14.2 Å². The average Bonchev–Trinajstić information content (AvgIpc) is 2.27. The van der Waals surface area contributed by atoms with Crippen molar-refractivity contribution in [2.24, 2.45) is 0 Å². The molecule has 0 bridgehead atoms. The predicted octanol–water partition coefficient (Wildman–Crippen LogP) is 2.77. The summed E-state index contributed by atoms with van der Waals surface area (Å²) in [7, 11) is 3.31. The van der Waals surface area contributed by atoms with Gasteiger partial charge in [-0.15, -0.1) is 0 Å². The van der Waals surface area contributed by atoms with Crippen molar-refractivity contribution in [1.29, 1.82) is 0 Å². The molecule has 17 heavy (non-hydrogen) atoms. The van der Waals surface area contributed by atoms with E-state index in [9.17, 15) is 5.11 Å². The van der Waals surface area contributed by atoms with Gasteiger partial charge in [0.1, 0.15) is 5.75 Å². The van der Waals surface area contributed by atoms with E-state index in [0.717, 1.165) is 28.9 Å². The molecule has 1 N–H and O–H groups in total. The van der Waals surface area contributed by atoms with Crippen LogP contribution in [-0.2, 0) is 4.74 Å². The Labute approximate surface area is 103 Å². The maximum atomic E-state index is 10.2. The van der Waals surface area contributed by atoms with Crippen LogP contribution in [0, 0.1) is 13.8 Å². The number of methoxy groups -OCH3 is 2. The van der Waals surface area contributed by atoms with Crippen LogP contribution >= 0.6 is 0 Å². The zero-order valence-corrected chi connectivity index (χ0v) is 11.1. The Balaban J connectivity index is 2.87.